The maximum absolute atomic E-state index is 2.50. The summed E-state index contributed by atoms with van der Waals surface area (Å²) in [7, 11) is 0. The Morgan fingerprint density at radius 3 is 2.81 bits per heavy atom. The molecule has 1 aromatic carbocycles. The van der Waals surface area contributed by atoms with Gasteiger partial charge in [-0.25, -0.2) is 0 Å². The van der Waals surface area contributed by atoms with Gasteiger partial charge in [-0.15, -0.1) is 0 Å². The zero-order valence-corrected chi connectivity index (χ0v) is 10.1. The van der Waals surface area contributed by atoms with Crippen LogP contribution >= 0.6 is 0 Å². The van der Waals surface area contributed by atoms with Gasteiger partial charge in [-0.05, 0) is 47.9 Å². The van der Waals surface area contributed by atoms with Gasteiger partial charge in [0, 0.05) is 5.92 Å². The molecule has 0 nitrogen and oxygen atoms in total. The van der Waals surface area contributed by atoms with Crippen molar-refractivity contribution in [3.8, 4) is 0 Å². The van der Waals surface area contributed by atoms with E-state index in [9.17, 15) is 0 Å². The molecule has 0 fully saturated rings. The molecule has 0 aromatic heterocycles. The summed E-state index contributed by atoms with van der Waals surface area (Å²) in [5.41, 5.74) is 6.35. The van der Waals surface area contributed by atoms with E-state index >= 15 is 0 Å². The van der Waals surface area contributed by atoms with Gasteiger partial charge in [0.25, 0.3) is 0 Å². The zero-order chi connectivity index (χ0) is 11.0. The van der Waals surface area contributed by atoms with Crippen LogP contribution in [0.4, 0.5) is 0 Å². The normalized spacial score (nSPS) is 21.2. The molecule has 3 rings (SSSR count). The molecular weight excluding hydrogens is 192 g/mol. The Balaban J connectivity index is 1.90. The summed E-state index contributed by atoms with van der Waals surface area (Å²) >= 11 is 0. The van der Waals surface area contributed by atoms with Crippen molar-refractivity contribution in [1.29, 1.82) is 0 Å². The van der Waals surface area contributed by atoms with Crippen molar-refractivity contribution in [1.82, 2.24) is 0 Å². The Hall–Kier alpha value is -1.04. The highest BCUT2D eigenvalue weighted by molar-refractivity contribution is 5.64. The zero-order valence-electron chi connectivity index (χ0n) is 10.1. The van der Waals surface area contributed by atoms with Crippen LogP contribution in [0.3, 0.4) is 0 Å². The summed E-state index contributed by atoms with van der Waals surface area (Å²) in [4.78, 5) is 0. The third-order valence-electron chi connectivity index (χ3n) is 4.07. The molecule has 1 atom stereocenters. The Bertz CT molecular complexity index is 426. The fourth-order valence-corrected chi connectivity index (χ4v) is 3.13. The molecule has 2 aliphatic rings. The Labute approximate surface area is 98.4 Å². The lowest BCUT2D eigenvalue weighted by Gasteiger charge is -2.12. The first-order valence-electron chi connectivity index (χ1n) is 6.72. The molecule has 1 aromatic rings. The maximum atomic E-state index is 2.50. The summed E-state index contributed by atoms with van der Waals surface area (Å²) in [5, 5.41) is 0. The number of benzene rings is 1. The van der Waals surface area contributed by atoms with Crippen molar-refractivity contribution in [2.75, 3.05) is 0 Å². The minimum absolute atomic E-state index is 0.709. The number of hydrogen-bond donors (Lipinski definition) is 0. The molecular formula is C16H20. The topological polar surface area (TPSA) is 0 Å². The van der Waals surface area contributed by atoms with Crippen LogP contribution in [0.2, 0.25) is 0 Å². The monoisotopic (exact) mass is 212 g/mol. The average Bonchev–Trinajstić information content (AvgIpc) is 2.89. The number of allylic oxidation sites excluding steroid dienone is 1. The lowest BCUT2D eigenvalue weighted by atomic mass is 9.92. The molecule has 0 spiro atoms. The average molecular weight is 212 g/mol. The van der Waals surface area contributed by atoms with Gasteiger partial charge in [0.1, 0.15) is 0 Å². The molecule has 0 N–H and O–H groups in total. The van der Waals surface area contributed by atoms with Gasteiger partial charge in [0.2, 0.25) is 0 Å². The first kappa shape index (κ1) is 10.1. The smallest absolute Gasteiger partial charge is 0.00273 e. The predicted octanol–water partition coefficient (Wildman–Crippen LogP) is 4.48. The molecule has 0 heteroatoms. The molecule has 0 saturated carbocycles. The largest absolute Gasteiger partial charge is 0.0764 e. The van der Waals surface area contributed by atoms with Crippen LogP contribution in [0.15, 0.2) is 18.2 Å². The number of hydrogen-bond acceptors (Lipinski definition) is 0. The van der Waals surface area contributed by atoms with E-state index in [1.54, 1.807) is 16.7 Å². The van der Waals surface area contributed by atoms with Crippen LogP contribution < -0.4 is 0 Å². The number of aryl methyl sites for hydroxylation is 2. The Morgan fingerprint density at radius 1 is 1.19 bits per heavy atom. The van der Waals surface area contributed by atoms with E-state index in [1.165, 1.54) is 44.1 Å². The van der Waals surface area contributed by atoms with Crippen molar-refractivity contribution >= 4 is 6.08 Å². The molecule has 16 heavy (non-hydrogen) atoms. The second kappa shape index (κ2) is 4.08. The van der Waals surface area contributed by atoms with Crippen molar-refractivity contribution in [3.05, 3.63) is 40.5 Å². The number of fused-ring (bicyclic) bond motifs is 2. The lowest BCUT2D eigenvalue weighted by Crippen LogP contribution is -1.96. The van der Waals surface area contributed by atoms with Gasteiger partial charge >= 0.3 is 0 Å². The predicted molar refractivity (Wildman–Crippen MR) is 69.8 cm³/mol. The van der Waals surface area contributed by atoms with Crippen molar-refractivity contribution in [2.24, 2.45) is 0 Å². The van der Waals surface area contributed by atoms with Crippen LogP contribution in [0.1, 0.15) is 60.8 Å². The molecule has 84 valence electrons. The minimum Gasteiger partial charge on any atom is -0.0764 e. The van der Waals surface area contributed by atoms with Gasteiger partial charge in [0.05, 0.1) is 0 Å². The number of rotatable bonds is 3. The Morgan fingerprint density at radius 2 is 2.00 bits per heavy atom. The van der Waals surface area contributed by atoms with Gasteiger partial charge in [-0.2, -0.15) is 0 Å². The van der Waals surface area contributed by atoms with E-state index in [-0.39, 0.29) is 0 Å². The fourth-order valence-electron chi connectivity index (χ4n) is 3.13. The molecule has 1 unspecified atom stereocenters. The van der Waals surface area contributed by atoms with Crippen LogP contribution in [-0.2, 0) is 12.8 Å². The van der Waals surface area contributed by atoms with Crippen LogP contribution in [0.5, 0.6) is 0 Å². The first-order chi connectivity index (χ1) is 7.88. The Kier molecular flexibility index (Phi) is 2.59. The molecule has 0 saturated heterocycles. The van der Waals surface area contributed by atoms with E-state index in [4.69, 9.17) is 0 Å². The minimum atomic E-state index is 0.709. The van der Waals surface area contributed by atoms with E-state index in [0.29, 0.717) is 5.92 Å². The summed E-state index contributed by atoms with van der Waals surface area (Å²) in [6.45, 7) is 2.28. The lowest BCUT2D eigenvalue weighted by molar-refractivity contribution is 0.669. The second-order valence-corrected chi connectivity index (χ2v) is 5.21. The van der Waals surface area contributed by atoms with Crippen molar-refractivity contribution in [2.45, 2.75) is 51.4 Å². The molecule has 0 radical (unpaired) electrons. The molecule has 2 aliphatic carbocycles. The molecule has 0 bridgehead atoms. The summed E-state index contributed by atoms with van der Waals surface area (Å²) in [6.07, 6.45) is 12.7. The third-order valence-corrected chi connectivity index (χ3v) is 4.07. The highest BCUT2D eigenvalue weighted by atomic mass is 14.3. The van der Waals surface area contributed by atoms with E-state index in [2.05, 4.69) is 31.2 Å². The van der Waals surface area contributed by atoms with Gasteiger partial charge in [-0.1, -0.05) is 44.1 Å². The van der Waals surface area contributed by atoms with Crippen LogP contribution in [-0.4, -0.2) is 0 Å². The second-order valence-electron chi connectivity index (χ2n) is 5.21. The van der Waals surface area contributed by atoms with Crippen LogP contribution in [0.25, 0.3) is 6.08 Å². The van der Waals surface area contributed by atoms with Crippen LogP contribution in [0, 0.1) is 0 Å². The quantitative estimate of drug-likeness (QED) is 0.693. The highest BCUT2D eigenvalue weighted by Gasteiger charge is 2.20. The number of unbranched alkanes of at least 4 members (excludes halogenated alkanes) is 1. The first-order valence-corrected chi connectivity index (χ1v) is 6.72. The maximum Gasteiger partial charge on any atom is 0.00273 e. The van der Waals surface area contributed by atoms with Crippen molar-refractivity contribution < 1.29 is 0 Å². The third kappa shape index (κ3) is 1.61. The fraction of sp³-hybridized carbons (Fsp3) is 0.500. The van der Waals surface area contributed by atoms with E-state index in [0.717, 1.165) is 0 Å². The molecule has 0 amide bonds. The summed E-state index contributed by atoms with van der Waals surface area (Å²) in [6, 6.07) is 4.94. The van der Waals surface area contributed by atoms with E-state index in [1.807, 2.05) is 0 Å². The highest BCUT2D eigenvalue weighted by Crippen LogP contribution is 2.37. The summed E-state index contributed by atoms with van der Waals surface area (Å²) < 4.78 is 0. The molecule has 0 heterocycles. The van der Waals surface area contributed by atoms with E-state index < -0.39 is 0 Å². The van der Waals surface area contributed by atoms with Crippen molar-refractivity contribution in [3.63, 3.8) is 0 Å². The SMILES string of the molecule is CCCCC1C=Cc2cc3c(cc21)CCC3. The standard InChI is InChI=1S/C16H20/c1-2-3-5-12-8-9-15-10-13-6-4-7-14(13)11-16(12)15/h8-12H,2-7H2,1H3. The summed E-state index contributed by atoms with van der Waals surface area (Å²) in [5.74, 6) is 0.709. The van der Waals surface area contributed by atoms with Gasteiger partial charge < -0.3 is 0 Å². The van der Waals surface area contributed by atoms with Gasteiger partial charge in [0.15, 0.2) is 0 Å². The molecule has 0 aliphatic heterocycles. The van der Waals surface area contributed by atoms with Gasteiger partial charge in [-0.3, -0.25) is 0 Å².